The summed E-state index contributed by atoms with van der Waals surface area (Å²) in [6.45, 7) is 7.06. The van der Waals surface area contributed by atoms with E-state index >= 15 is 0 Å². The average Bonchev–Trinajstić information content (AvgIpc) is 1.66. The van der Waals surface area contributed by atoms with E-state index in [0.717, 1.165) is 5.92 Å². The monoisotopic (exact) mass is 112 g/mol. The molecule has 0 bridgehead atoms. The van der Waals surface area contributed by atoms with Crippen LogP contribution in [0, 0.1) is 11.3 Å². The second-order valence-corrected chi connectivity index (χ2v) is 3.63. The first-order valence-corrected chi connectivity index (χ1v) is 3.67. The standard InChI is InChI=1S/C8H16/c1-4-7-5-6-8(7,2)3/h7H,4-6H2,1-3H3/t7-/m1/s1. The molecular weight excluding hydrogens is 96.1 g/mol. The SMILES string of the molecule is CC[C@@H]1CCC1(C)C. The molecule has 1 saturated carbocycles. The first-order valence-electron chi connectivity index (χ1n) is 3.67. The Balaban J connectivity index is 2.37. The molecule has 1 rings (SSSR count). The van der Waals surface area contributed by atoms with Crippen molar-refractivity contribution >= 4 is 0 Å². The zero-order valence-electron chi connectivity index (χ0n) is 6.20. The Morgan fingerprint density at radius 2 is 2.12 bits per heavy atom. The number of hydrogen-bond donors (Lipinski definition) is 0. The van der Waals surface area contributed by atoms with E-state index in [4.69, 9.17) is 0 Å². The summed E-state index contributed by atoms with van der Waals surface area (Å²) >= 11 is 0. The molecule has 0 aliphatic heterocycles. The molecule has 0 aromatic rings. The van der Waals surface area contributed by atoms with Gasteiger partial charge in [-0.25, -0.2) is 0 Å². The highest BCUT2D eigenvalue weighted by atomic mass is 14.4. The van der Waals surface area contributed by atoms with Crippen LogP contribution in [0.3, 0.4) is 0 Å². The molecule has 0 heterocycles. The van der Waals surface area contributed by atoms with E-state index in [0.29, 0.717) is 5.41 Å². The van der Waals surface area contributed by atoms with Crippen molar-refractivity contribution in [3.63, 3.8) is 0 Å². The van der Waals surface area contributed by atoms with Crippen molar-refractivity contribution in [1.29, 1.82) is 0 Å². The van der Waals surface area contributed by atoms with Crippen LogP contribution in [0.5, 0.6) is 0 Å². The van der Waals surface area contributed by atoms with Gasteiger partial charge >= 0.3 is 0 Å². The predicted octanol–water partition coefficient (Wildman–Crippen LogP) is 2.83. The topological polar surface area (TPSA) is 0 Å². The zero-order chi connectivity index (χ0) is 6.20. The van der Waals surface area contributed by atoms with Crippen LogP contribution >= 0.6 is 0 Å². The van der Waals surface area contributed by atoms with Crippen LogP contribution in [-0.4, -0.2) is 0 Å². The average molecular weight is 112 g/mol. The Morgan fingerprint density at radius 3 is 2.12 bits per heavy atom. The molecule has 0 radical (unpaired) electrons. The maximum Gasteiger partial charge on any atom is -0.0326 e. The summed E-state index contributed by atoms with van der Waals surface area (Å²) in [5.74, 6) is 1.03. The van der Waals surface area contributed by atoms with E-state index in [1.165, 1.54) is 19.3 Å². The van der Waals surface area contributed by atoms with E-state index in [1.807, 2.05) is 0 Å². The molecule has 8 heavy (non-hydrogen) atoms. The first kappa shape index (κ1) is 6.12. The Bertz CT molecular complexity index is 80.0. The van der Waals surface area contributed by atoms with Crippen LogP contribution in [-0.2, 0) is 0 Å². The second-order valence-electron chi connectivity index (χ2n) is 3.63. The Labute approximate surface area is 52.3 Å². The summed E-state index contributed by atoms with van der Waals surface area (Å²) < 4.78 is 0. The minimum Gasteiger partial charge on any atom is -0.0651 e. The van der Waals surface area contributed by atoms with Gasteiger partial charge in [0.1, 0.15) is 0 Å². The molecule has 0 N–H and O–H groups in total. The molecule has 1 aliphatic rings. The molecule has 0 nitrogen and oxygen atoms in total. The van der Waals surface area contributed by atoms with Crippen molar-refractivity contribution in [3.05, 3.63) is 0 Å². The summed E-state index contributed by atoms with van der Waals surface area (Å²) in [5.41, 5.74) is 0.689. The maximum atomic E-state index is 2.38. The lowest BCUT2D eigenvalue weighted by atomic mass is 9.62. The quantitative estimate of drug-likeness (QED) is 0.489. The molecule has 0 spiro atoms. The Morgan fingerprint density at radius 1 is 1.50 bits per heavy atom. The normalized spacial score (nSPS) is 34.1. The van der Waals surface area contributed by atoms with Gasteiger partial charge in [-0.1, -0.05) is 27.2 Å². The largest absolute Gasteiger partial charge is 0.0651 e. The molecule has 0 saturated heterocycles. The number of rotatable bonds is 1. The third-order valence-electron chi connectivity index (χ3n) is 2.74. The van der Waals surface area contributed by atoms with E-state index in [1.54, 1.807) is 0 Å². The molecule has 1 fully saturated rings. The van der Waals surface area contributed by atoms with Gasteiger partial charge < -0.3 is 0 Å². The van der Waals surface area contributed by atoms with Crippen molar-refractivity contribution in [3.8, 4) is 0 Å². The number of hydrogen-bond acceptors (Lipinski definition) is 0. The van der Waals surface area contributed by atoms with Gasteiger partial charge in [-0.2, -0.15) is 0 Å². The van der Waals surface area contributed by atoms with Crippen LogP contribution in [0.2, 0.25) is 0 Å². The maximum absolute atomic E-state index is 2.38. The summed E-state index contributed by atoms with van der Waals surface area (Å²) in [5, 5.41) is 0. The molecule has 0 unspecified atom stereocenters. The predicted molar refractivity (Wildman–Crippen MR) is 36.8 cm³/mol. The fraction of sp³-hybridized carbons (Fsp3) is 1.00. The van der Waals surface area contributed by atoms with Gasteiger partial charge in [-0.15, -0.1) is 0 Å². The molecular formula is C8H16. The van der Waals surface area contributed by atoms with Gasteiger partial charge in [-0.05, 0) is 24.2 Å². The van der Waals surface area contributed by atoms with Crippen LogP contribution in [0.1, 0.15) is 40.0 Å². The molecule has 0 aromatic heterocycles. The van der Waals surface area contributed by atoms with Crippen LogP contribution in [0.25, 0.3) is 0 Å². The fourth-order valence-electron chi connectivity index (χ4n) is 1.68. The Kier molecular flexibility index (Phi) is 1.34. The van der Waals surface area contributed by atoms with Gasteiger partial charge in [0, 0.05) is 0 Å². The molecule has 1 aliphatic carbocycles. The van der Waals surface area contributed by atoms with Crippen molar-refractivity contribution < 1.29 is 0 Å². The lowest BCUT2D eigenvalue weighted by molar-refractivity contribution is 0.0691. The minimum absolute atomic E-state index is 0.689. The molecule has 1 atom stereocenters. The lowest BCUT2D eigenvalue weighted by Crippen LogP contribution is -2.33. The first-order chi connectivity index (χ1) is 3.67. The smallest absolute Gasteiger partial charge is 0.0326 e. The fourth-order valence-corrected chi connectivity index (χ4v) is 1.68. The van der Waals surface area contributed by atoms with Crippen LogP contribution in [0.4, 0.5) is 0 Å². The van der Waals surface area contributed by atoms with Gasteiger partial charge in [0.15, 0.2) is 0 Å². The van der Waals surface area contributed by atoms with Crippen molar-refractivity contribution in [2.45, 2.75) is 40.0 Å². The summed E-state index contributed by atoms with van der Waals surface area (Å²) in [6.07, 6.45) is 4.31. The van der Waals surface area contributed by atoms with Crippen molar-refractivity contribution in [1.82, 2.24) is 0 Å². The van der Waals surface area contributed by atoms with E-state index in [-0.39, 0.29) is 0 Å². The minimum atomic E-state index is 0.689. The molecule has 0 amide bonds. The van der Waals surface area contributed by atoms with E-state index in [9.17, 15) is 0 Å². The summed E-state index contributed by atoms with van der Waals surface area (Å²) in [7, 11) is 0. The van der Waals surface area contributed by atoms with Crippen molar-refractivity contribution in [2.75, 3.05) is 0 Å². The molecule has 0 aromatic carbocycles. The van der Waals surface area contributed by atoms with E-state index < -0.39 is 0 Å². The highest BCUT2D eigenvalue weighted by Gasteiger charge is 2.36. The van der Waals surface area contributed by atoms with Crippen molar-refractivity contribution in [2.24, 2.45) is 11.3 Å². The Hall–Kier alpha value is 0. The highest BCUT2D eigenvalue weighted by Crippen LogP contribution is 2.47. The van der Waals surface area contributed by atoms with Crippen LogP contribution < -0.4 is 0 Å². The van der Waals surface area contributed by atoms with Gasteiger partial charge in [0.2, 0.25) is 0 Å². The third-order valence-corrected chi connectivity index (χ3v) is 2.74. The zero-order valence-corrected chi connectivity index (χ0v) is 6.20. The summed E-state index contributed by atoms with van der Waals surface area (Å²) in [4.78, 5) is 0. The molecule has 48 valence electrons. The molecule has 0 heteroatoms. The second kappa shape index (κ2) is 1.75. The summed E-state index contributed by atoms with van der Waals surface area (Å²) in [6, 6.07) is 0. The highest BCUT2D eigenvalue weighted by molar-refractivity contribution is 4.87. The van der Waals surface area contributed by atoms with E-state index in [2.05, 4.69) is 20.8 Å². The van der Waals surface area contributed by atoms with Gasteiger partial charge in [-0.3, -0.25) is 0 Å². The van der Waals surface area contributed by atoms with Gasteiger partial charge in [0.05, 0.1) is 0 Å². The lowest BCUT2D eigenvalue weighted by Gasteiger charge is -2.44. The third kappa shape index (κ3) is 0.765. The van der Waals surface area contributed by atoms with Crippen LogP contribution in [0.15, 0.2) is 0 Å². The van der Waals surface area contributed by atoms with Gasteiger partial charge in [0.25, 0.3) is 0 Å².